The van der Waals surface area contributed by atoms with Crippen LogP contribution in [0.25, 0.3) is 0 Å². The Kier molecular flexibility index (Phi) is 4.31. The van der Waals surface area contributed by atoms with Crippen LogP contribution in [-0.4, -0.2) is 5.84 Å². The molecule has 0 unspecified atom stereocenters. The fraction of sp³-hybridized carbons (Fsp3) is 0.188. The van der Waals surface area contributed by atoms with Crippen molar-refractivity contribution in [1.29, 1.82) is 0 Å². The van der Waals surface area contributed by atoms with Gasteiger partial charge >= 0.3 is 6.18 Å². The third kappa shape index (κ3) is 4.08. The molecule has 0 aromatic heterocycles. The Labute approximate surface area is 121 Å². The molecule has 0 amide bonds. The van der Waals surface area contributed by atoms with Crippen LogP contribution in [0.2, 0.25) is 0 Å². The molecule has 0 radical (unpaired) electrons. The van der Waals surface area contributed by atoms with Gasteiger partial charge in [0.2, 0.25) is 0 Å². The van der Waals surface area contributed by atoms with Crippen molar-refractivity contribution in [2.75, 3.05) is 0 Å². The molecule has 0 saturated heterocycles. The van der Waals surface area contributed by atoms with Crippen LogP contribution in [-0.2, 0) is 12.7 Å². The third-order valence-corrected chi connectivity index (χ3v) is 3.03. The molecule has 5 heteroatoms. The Bertz CT molecular complexity index is 643. The number of nitrogens with zero attached hydrogens (tertiary/aromatic N) is 1. The average Bonchev–Trinajstić information content (AvgIpc) is 2.44. The molecule has 0 saturated carbocycles. The number of benzene rings is 2. The molecule has 0 bridgehead atoms. The van der Waals surface area contributed by atoms with E-state index in [1.807, 2.05) is 31.2 Å². The largest absolute Gasteiger partial charge is 0.416 e. The van der Waals surface area contributed by atoms with Gasteiger partial charge in [-0.3, -0.25) is 4.99 Å². The third-order valence-electron chi connectivity index (χ3n) is 3.03. The highest BCUT2D eigenvalue weighted by Crippen LogP contribution is 2.29. The fourth-order valence-corrected chi connectivity index (χ4v) is 1.87. The van der Waals surface area contributed by atoms with E-state index in [4.69, 9.17) is 5.73 Å². The lowest BCUT2D eigenvalue weighted by atomic mass is 10.1. The van der Waals surface area contributed by atoms with Gasteiger partial charge in [-0.2, -0.15) is 13.2 Å². The van der Waals surface area contributed by atoms with Crippen molar-refractivity contribution in [1.82, 2.24) is 0 Å². The first kappa shape index (κ1) is 15.1. The van der Waals surface area contributed by atoms with Crippen molar-refractivity contribution in [2.24, 2.45) is 10.7 Å². The van der Waals surface area contributed by atoms with Gasteiger partial charge in [0, 0.05) is 5.56 Å². The molecule has 0 aliphatic rings. The molecule has 0 fully saturated rings. The molecular weight excluding hydrogens is 277 g/mol. The Hall–Kier alpha value is -2.30. The van der Waals surface area contributed by atoms with Crippen molar-refractivity contribution in [2.45, 2.75) is 19.6 Å². The van der Waals surface area contributed by atoms with Gasteiger partial charge in [-0.15, -0.1) is 0 Å². The zero-order valence-corrected chi connectivity index (χ0v) is 11.5. The maximum Gasteiger partial charge on any atom is 0.416 e. The molecule has 2 aromatic carbocycles. The Morgan fingerprint density at radius 3 is 2.33 bits per heavy atom. The SMILES string of the molecule is Cc1cccc(C(N)=NCc2ccc(C(F)(F)F)cc2)c1. The smallest absolute Gasteiger partial charge is 0.383 e. The minimum absolute atomic E-state index is 0.248. The molecule has 0 spiro atoms. The van der Waals surface area contributed by atoms with Crippen LogP contribution in [0.1, 0.15) is 22.3 Å². The van der Waals surface area contributed by atoms with Crippen molar-refractivity contribution in [3.8, 4) is 0 Å². The number of halogens is 3. The second-order valence-electron chi connectivity index (χ2n) is 4.77. The second kappa shape index (κ2) is 5.99. The molecule has 0 aliphatic carbocycles. The quantitative estimate of drug-likeness (QED) is 0.676. The minimum Gasteiger partial charge on any atom is -0.383 e. The number of hydrogen-bond donors (Lipinski definition) is 1. The number of aliphatic imine (C=N–C) groups is 1. The van der Waals surface area contributed by atoms with Gasteiger partial charge in [-0.25, -0.2) is 0 Å². The first-order chi connectivity index (χ1) is 9.86. The first-order valence-corrected chi connectivity index (χ1v) is 6.39. The van der Waals surface area contributed by atoms with E-state index in [1.165, 1.54) is 12.1 Å². The number of hydrogen-bond acceptors (Lipinski definition) is 1. The van der Waals surface area contributed by atoms with Gasteiger partial charge in [0.15, 0.2) is 0 Å². The van der Waals surface area contributed by atoms with Gasteiger partial charge in [0.05, 0.1) is 12.1 Å². The van der Waals surface area contributed by atoms with Crippen LogP contribution >= 0.6 is 0 Å². The molecule has 110 valence electrons. The molecule has 2 aromatic rings. The van der Waals surface area contributed by atoms with E-state index < -0.39 is 11.7 Å². The highest BCUT2D eigenvalue weighted by molar-refractivity contribution is 5.97. The molecule has 0 heterocycles. The van der Waals surface area contributed by atoms with Crippen LogP contribution in [0, 0.1) is 6.92 Å². The van der Waals surface area contributed by atoms with Crippen LogP contribution in [0.4, 0.5) is 13.2 Å². The van der Waals surface area contributed by atoms with Gasteiger partial charge < -0.3 is 5.73 Å². The Morgan fingerprint density at radius 1 is 1.10 bits per heavy atom. The number of rotatable bonds is 3. The summed E-state index contributed by atoms with van der Waals surface area (Å²) in [5.41, 5.74) is 7.77. The number of amidine groups is 1. The highest BCUT2D eigenvalue weighted by Gasteiger charge is 2.29. The lowest BCUT2D eigenvalue weighted by molar-refractivity contribution is -0.137. The van der Waals surface area contributed by atoms with E-state index in [9.17, 15) is 13.2 Å². The van der Waals surface area contributed by atoms with Gasteiger partial charge in [0.1, 0.15) is 5.84 Å². The van der Waals surface area contributed by atoms with Crippen molar-refractivity contribution >= 4 is 5.84 Å². The zero-order valence-electron chi connectivity index (χ0n) is 11.5. The summed E-state index contributed by atoms with van der Waals surface area (Å²) in [4.78, 5) is 4.21. The molecule has 0 aliphatic heterocycles. The Morgan fingerprint density at radius 2 is 1.76 bits per heavy atom. The van der Waals surface area contributed by atoms with Gasteiger partial charge in [0.25, 0.3) is 0 Å². The number of alkyl halides is 3. The maximum atomic E-state index is 12.4. The van der Waals surface area contributed by atoms with E-state index in [0.29, 0.717) is 11.4 Å². The topological polar surface area (TPSA) is 38.4 Å². The molecule has 2 rings (SSSR count). The molecule has 21 heavy (non-hydrogen) atoms. The summed E-state index contributed by atoms with van der Waals surface area (Å²) >= 11 is 0. The van der Waals surface area contributed by atoms with E-state index in [1.54, 1.807) is 0 Å². The summed E-state index contributed by atoms with van der Waals surface area (Å²) in [5.74, 6) is 0.374. The Balaban J connectivity index is 2.10. The molecule has 2 nitrogen and oxygen atoms in total. The van der Waals surface area contributed by atoms with Crippen molar-refractivity contribution in [3.05, 3.63) is 70.8 Å². The summed E-state index contributed by atoms with van der Waals surface area (Å²) in [6.45, 7) is 2.20. The number of nitrogens with two attached hydrogens (primary N) is 1. The van der Waals surface area contributed by atoms with Crippen LogP contribution in [0.3, 0.4) is 0 Å². The summed E-state index contributed by atoms with van der Waals surface area (Å²) in [7, 11) is 0. The van der Waals surface area contributed by atoms with E-state index in [2.05, 4.69) is 4.99 Å². The lowest BCUT2D eigenvalue weighted by Gasteiger charge is -2.07. The lowest BCUT2D eigenvalue weighted by Crippen LogP contribution is -2.13. The zero-order chi connectivity index (χ0) is 15.5. The minimum atomic E-state index is -4.32. The summed E-state index contributed by atoms with van der Waals surface area (Å²) in [6.07, 6.45) is -4.32. The maximum absolute atomic E-state index is 12.4. The summed E-state index contributed by atoms with van der Waals surface area (Å²) in [5, 5.41) is 0. The van der Waals surface area contributed by atoms with Crippen LogP contribution < -0.4 is 5.73 Å². The monoisotopic (exact) mass is 292 g/mol. The first-order valence-electron chi connectivity index (χ1n) is 6.39. The molecule has 0 atom stereocenters. The highest BCUT2D eigenvalue weighted by atomic mass is 19.4. The second-order valence-corrected chi connectivity index (χ2v) is 4.77. The van der Waals surface area contributed by atoms with E-state index in [0.717, 1.165) is 23.3 Å². The van der Waals surface area contributed by atoms with Crippen LogP contribution in [0.5, 0.6) is 0 Å². The van der Waals surface area contributed by atoms with Crippen LogP contribution in [0.15, 0.2) is 53.5 Å². The predicted molar refractivity (Wildman–Crippen MR) is 77.1 cm³/mol. The number of aryl methyl sites for hydroxylation is 1. The summed E-state index contributed by atoms with van der Waals surface area (Å²) < 4.78 is 37.3. The van der Waals surface area contributed by atoms with Gasteiger partial charge in [-0.05, 0) is 30.7 Å². The van der Waals surface area contributed by atoms with Crippen molar-refractivity contribution < 1.29 is 13.2 Å². The summed E-state index contributed by atoms with van der Waals surface area (Å²) in [6, 6.07) is 12.5. The van der Waals surface area contributed by atoms with Crippen molar-refractivity contribution in [3.63, 3.8) is 0 Å². The standard InChI is InChI=1S/C16H15F3N2/c1-11-3-2-4-13(9-11)15(20)21-10-12-5-7-14(8-6-12)16(17,18)19/h2-9H,10H2,1H3,(H2,20,21). The predicted octanol–water partition coefficient (Wildman–Crippen LogP) is 3.92. The fourth-order valence-electron chi connectivity index (χ4n) is 1.87. The average molecular weight is 292 g/mol. The van der Waals surface area contributed by atoms with E-state index in [-0.39, 0.29) is 6.54 Å². The van der Waals surface area contributed by atoms with Gasteiger partial charge in [-0.1, -0.05) is 35.9 Å². The van der Waals surface area contributed by atoms with E-state index >= 15 is 0 Å². The molecular formula is C16H15F3N2. The normalized spacial score (nSPS) is 12.5. The molecule has 2 N–H and O–H groups in total.